The van der Waals surface area contributed by atoms with E-state index in [1.807, 2.05) is 35.8 Å². The van der Waals surface area contributed by atoms with Gasteiger partial charge in [0.15, 0.2) is 11.5 Å². The van der Waals surface area contributed by atoms with E-state index in [0.29, 0.717) is 6.61 Å². The maximum atomic E-state index is 5.69. The molecule has 0 aliphatic rings. The Morgan fingerprint density at radius 2 is 2.11 bits per heavy atom. The highest BCUT2D eigenvalue weighted by atomic mass is 32.1. The first-order valence-electron chi connectivity index (χ1n) is 6.20. The van der Waals surface area contributed by atoms with Crippen LogP contribution in [0.4, 0.5) is 0 Å². The first-order chi connectivity index (χ1) is 9.31. The van der Waals surface area contributed by atoms with Crippen LogP contribution >= 0.6 is 11.3 Å². The summed E-state index contributed by atoms with van der Waals surface area (Å²) in [5.41, 5.74) is 0. The molecule has 1 atom stereocenters. The predicted molar refractivity (Wildman–Crippen MR) is 77.0 cm³/mol. The van der Waals surface area contributed by atoms with Gasteiger partial charge in [-0.3, -0.25) is 0 Å². The van der Waals surface area contributed by atoms with Crippen LogP contribution in [0.15, 0.2) is 35.8 Å². The number of hydrogen-bond acceptors (Lipinski definition) is 5. The van der Waals surface area contributed by atoms with E-state index in [9.17, 15) is 0 Å². The molecule has 0 fully saturated rings. The van der Waals surface area contributed by atoms with Gasteiger partial charge in [0.1, 0.15) is 11.6 Å². The SMILES string of the molecule is COc1ccccc1OCCNC(C)c1nccs1. The Bertz CT molecular complexity index is 488. The highest BCUT2D eigenvalue weighted by Gasteiger charge is 2.07. The molecule has 1 unspecified atom stereocenters. The number of hydrogen-bond donors (Lipinski definition) is 1. The van der Waals surface area contributed by atoms with Gasteiger partial charge in [-0.1, -0.05) is 12.1 Å². The van der Waals surface area contributed by atoms with E-state index in [0.717, 1.165) is 23.1 Å². The average Bonchev–Trinajstić information content (AvgIpc) is 2.98. The summed E-state index contributed by atoms with van der Waals surface area (Å²) in [7, 11) is 1.64. The van der Waals surface area contributed by atoms with Gasteiger partial charge in [0.05, 0.1) is 13.2 Å². The molecule has 19 heavy (non-hydrogen) atoms. The van der Waals surface area contributed by atoms with Crippen LogP contribution in [0.25, 0.3) is 0 Å². The molecule has 1 aromatic heterocycles. The normalized spacial score (nSPS) is 12.1. The Morgan fingerprint density at radius 3 is 2.79 bits per heavy atom. The summed E-state index contributed by atoms with van der Waals surface area (Å²) in [6, 6.07) is 7.91. The number of benzene rings is 1. The number of para-hydroxylation sites is 2. The lowest BCUT2D eigenvalue weighted by Gasteiger charge is -2.13. The molecule has 0 bridgehead atoms. The minimum atomic E-state index is 0.251. The molecular formula is C14H18N2O2S. The number of methoxy groups -OCH3 is 1. The molecule has 102 valence electrons. The van der Waals surface area contributed by atoms with E-state index in [4.69, 9.17) is 9.47 Å². The van der Waals surface area contributed by atoms with E-state index in [1.54, 1.807) is 18.4 Å². The van der Waals surface area contributed by atoms with Crippen molar-refractivity contribution in [2.75, 3.05) is 20.3 Å². The molecule has 1 N–H and O–H groups in total. The maximum Gasteiger partial charge on any atom is 0.161 e. The van der Waals surface area contributed by atoms with Crippen molar-refractivity contribution >= 4 is 11.3 Å². The molecule has 0 saturated carbocycles. The third-order valence-corrected chi connectivity index (χ3v) is 3.66. The van der Waals surface area contributed by atoms with Crippen LogP contribution in [0.3, 0.4) is 0 Å². The number of nitrogens with zero attached hydrogens (tertiary/aromatic N) is 1. The summed E-state index contributed by atoms with van der Waals surface area (Å²) in [6.45, 7) is 3.46. The van der Waals surface area contributed by atoms with E-state index in [2.05, 4.69) is 17.2 Å². The third kappa shape index (κ3) is 3.94. The van der Waals surface area contributed by atoms with Gasteiger partial charge in [-0.2, -0.15) is 0 Å². The van der Waals surface area contributed by atoms with Gasteiger partial charge in [0.2, 0.25) is 0 Å². The van der Waals surface area contributed by atoms with Crippen molar-refractivity contribution in [2.24, 2.45) is 0 Å². The Morgan fingerprint density at radius 1 is 1.32 bits per heavy atom. The lowest BCUT2D eigenvalue weighted by atomic mass is 10.3. The topological polar surface area (TPSA) is 43.4 Å². The monoisotopic (exact) mass is 278 g/mol. The number of nitrogens with one attached hydrogen (secondary N) is 1. The second kappa shape index (κ2) is 7.11. The molecule has 1 aromatic carbocycles. The second-order valence-corrected chi connectivity index (χ2v) is 4.97. The molecule has 1 heterocycles. The van der Waals surface area contributed by atoms with Crippen LogP contribution in [0.1, 0.15) is 18.0 Å². The molecule has 0 spiro atoms. The molecule has 0 aliphatic heterocycles. The first-order valence-corrected chi connectivity index (χ1v) is 7.08. The summed E-state index contributed by atoms with van der Waals surface area (Å²) in [5, 5.41) is 6.45. The van der Waals surface area contributed by atoms with Crippen LogP contribution < -0.4 is 14.8 Å². The Labute approximate surface area is 117 Å². The van der Waals surface area contributed by atoms with Crippen molar-refractivity contribution in [1.82, 2.24) is 10.3 Å². The van der Waals surface area contributed by atoms with Crippen LogP contribution in [-0.4, -0.2) is 25.2 Å². The number of rotatable bonds is 7. The van der Waals surface area contributed by atoms with E-state index in [1.165, 1.54) is 0 Å². The predicted octanol–water partition coefficient (Wildman–Crippen LogP) is 2.88. The van der Waals surface area contributed by atoms with Gasteiger partial charge >= 0.3 is 0 Å². The fourth-order valence-electron chi connectivity index (χ4n) is 1.71. The zero-order valence-electron chi connectivity index (χ0n) is 11.1. The summed E-state index contributed by atoms with van der Waals surface area (Å²) in [5.74, 6) is 1.53. The maximum absolute atomic E-state index is 5.69. The summed E-state index contributed by atoms with van der Waals surface area (Å²) in [4.78, 5) is 4.28. The first kappa shape index (κ1) is 13.8. The molecular weight excluding hydrogens is 260 g/mol. The zero-order chi connectivity index (χ0) is 13.5. The van der Waals surface area contributed by atoms with Gasteiger partial charge in [-0.15, -0.1) is 11.3 Å². The minimum absolute atomic E-state index is 0.251. The van der Waals surface area contributed by atoms with E-state index >= 15 is 0 Å². The fraction of sp³-hybridized carbons (Fsp3) is 0.357. The third-order valence-electron chi connectivity index (χ3n) is 2.70. The molecule has 5 heteroatoms. The number of thiazole rings is 1. The van der Waals surface area contributed by atoms with E-state index < -0.39 is 0 Å². The standard InChI is InChI=1S/C14H18N2O2S/c1-11(14-16-8-10-19-14)15-7-9-18-13-6-4-3-5-12(13)17-2/h3-6,8,10-11,15H,7,9H2,1-2H3. The van der Waals surface area contributed by atoms with Gasteiger partial charge < -0.3 is 14.8 Å². The highest BCUT2D eigenvalue weighted by molar-refractivity contribution is 7.09. The van der Waals surface area contributed by atoms with Crippen molar-refractivity contribution in [3.8, 4) is 11.5 Å². The van der Waals surface area contributed by atoms with Crippen molar-refractivity contribution in [2.45, 2.75) is 13.0 Å². The Balaban J connectivity index is 1.75. The van der Waals surface area contributed by atoms with E-state index in [-0.39, 0.29) is 6.04 Å². The Hall–Kier alpha value is -1.59. The molecule has 0 amide bonds. The summed E-state index contributed by atoms with van der Waals surface area (Å²) in [6.07, 6.45) is 1.82. The largest absolute Gasteiger partial charge is 0.493 e. The van der Waals surface area contributed by atoms with Gasteiger partial charge in [-0.25, -0.2) is 4.98 Å². The van der Waals surface area contributed by atoms with Gasteiger partial charge in [0, 0.05) is 18.1 Å². The van der Waals surface area contributed by atoms with Crippen molar-refractivity contribution in [3.05, 3.63) is 40.8 Å². The van der Waals surface area contributed by atoms with Crippen LogP contribution in [0.2, 0.25) is 0 Å². The molecule has 0 aliphatic carbocycles. The average molecular weight is 278 g/mol. The fourth-order valence-corrected chi connectivity index (χ4v) is 2.38. The Kier molecular flexibility index (Phi) is 5.18. The van der Waals surface area contributed by atoms with Gasteiger partial charge in [0.25, 0.3) is 0 Å². The van der Waals surface area contributed by atoms with Crippen LogP contribution in [-0.2, 0) is 0 Å². The number of ether oxygens (including phenoxy) is 2. The number of aromatic nitrogens is 1. The van der Waals surface area contributed by atoms with Crippen LogP contribution in [0.5, 0.6) is 11.5 Å². The highest BCUT2D eigenvalue weighted by Crippen LogP contribution is 2.25. The molecule has 2 aromatic rings. The van der Waals surface area contributed by atoms with Crippen molar-refractivity contribution in [1.29, 1.82) is 0 Å². The summed E-state index contributed by atoms with van der Waals surface area (Å²) < 4.78 is 10.9. The molecule has 2 rings (SSSR count). The second-order valence-electron chi connectivity index (χ2n) is 4.05. The zero-order valence-corrected chi connectivity index (χ0v) is 11.9. The molecule has 4 nitrogen and oxygen atoms in total. The smallest absolute Gasteiger partial charge is 0.161 e. The van der Waals surface area contributed by atoms with Crippen molar-refractivity contribution in [3.63, 3.8) is 0 Å². The molecule has 0 radical (unpaired) electrons. The minimum Gasteiger partial charge on any atom is -0.493 e. The lowest BCUT2D eigenvalue weighted by molar-refractivity contribution is 0.287. The lowest BCUT2D eigenvalue weighted by Crippen LogP contribution is -2.24. The van der Waals surface area contributed by atoms with Gasteiger partial charge in [-0.05, 0) is 19.1 Å². The van der Waals surface area contributed by atoms with Crippen molar-refractivity contribution < 1.29 is 9.47 Å². The van der Waals surface area contributed by atoms with Crippen LogP contribution in [0, 0.1) is 0 Å². The molecule has 0 saturated heterocycles. The quantitative estimate of drug-likeness (QED) is 0.791. The summed E-state index contributed by atoms with van der Waals surface area (Å²) >= 11 is 1.66.